The van der Waals surface area contributed by atoms with Crippen LogP contribution in [0.1, 0.15) is 49.3 Å². The summed E-state index contributed by atoms with van der Waals surface area (Å²) in [5, 5.41) is 10.8. The molecule has 1 aliphatic rings. The van der Waals surface area contributed by atoms with Crippen molar-refractivity contribution < 1.29 is 4.92 Å². The molecule has 0 radical (unpaired) electrons. The number of aryl methyl sites for hydroxylation is 1. The summed E-state index contributed by atoms with van der Waals surface area (Å²) >= 11 is 0. The molecule has 18 heavy (non-hydrogen) atoms. The van der Waals surface area contributed by atoms with Crippen LogP contribution in [-0.4, -0.2) is 4.92 Å². The van der Waals surface area contributed by atoms with Crippen LogP contribution in [0.3, 0.4) is 0 Å². The van der Waals surface area contributed by atoms with Crippen molar-refractivity contribution in [3.8, 4) is 0 Å². The average molecular weight is 248 g/mol. The quantitative estimate of drug-likeness (QED) is 0.655. The van der Waals surface area contributed by atoms with Crippen molar-refractivity contribution in [2.24, 2.45) is 11.7 Å². The van der Waals surface area contributed by atoms with Crippen LogP contribution in [0.5, 0.6) is 0 Å². The second-order valence-electron chi connectivity index (χ2n) is 5.29. The van der Waals surface area contributed by atoms with E-state index in [0.717, 1.165) is 17.5 Å². The Labute approximate surface area is 107 Å². The van der Waals surface area contributed by atoms with Gasteiger partial charge in [0, 0.05) is 18.2 Å². The van der Waals surface area contributed by atoms with Crippen molar-refractivity contribution in [3.05, 3.63) is 39.4 Å². The first kappa shape index (κ1) is 13.0. The van der Waals surface area contributed by atoms with Crippen molar-refractivity contribution in [2.45, 2.75) is 45.1 Å². The van der Waals surface area contributed by atoms with Gasteiger partial charge in [-0.2, -0.15) is 0 Å². The number of benzene rings is 1. The van der Waals surface area contributed by atoms with E-state index < -0.39 is 0 Å². The fourth-order valence-corrected chi connectivity index (χ4v) is 2.87. The summed E-state index contributed by atoms with van der Waals surface area (Å²) in [5.74, 6) is 0.693. The molecule has 0 amide bonds. The molecule has 4 nitrogen and oxygen atoms in total. The first-order valence-electron chi connectivity index (χ1n) is 6.58. The van der Waals surface area contributed by atoms with Gasteiger partial charge in [0.25, 0.3) is 5.69 Å². The smallest absolute Gasteiger partial charge is 0.269 e. The maximum absolute atomic E-state index is 10.8. The minimum Gasteiger partial charge on any atom is -0.324 e. The highest BCUT2D eigenvalue weighted by molar-refractivity contribution is 5.40. The van der Waals surface area contributed by atoms with Crippen molar-refractivity contribution in [1.82, 2.24) is 0 Å². The van der Waals surface area contributed by atoms with Gasteiger partial charge in [0.05, 0.1) is 4.92 Å². The third-order valence-corrected chi connectivity index (χ3v) is 3.94. The Bertz CT molecular complexity index is 439. The Morgan fingerprint density at radius 2 is 2.11 bits per heavy atom. The van der Waals surface area contributed by atoms with Gasteiger partial charge in [-0.1, -0.05) is 31.7 Å². The van der Waals surface area contributed by atoms with Gasteiger partial charge >= 0.3 is 0 Å². The summed E-state index contributed by atoms with van der Waals surface area (Å²) in [5.41, 5.74) is 8.33. The number of non-ortho nitro benzene ring substituents is 1. The van der Waals surface area contributed by atoms with Crippen LogP contribution >= 0.6 is 0 Å². The standard InChI is InChI=1S/C14H20N2O2/c1-10-6-7-12(16(17)18)9-13(10)14(15)8-11-4-2-3-5-11/h6-7,9,11,14H,2-5,8,15H2,1H3. The van der Waals surface area contributed by atoms with Gasteiger partial charge in [0.15, 0.2) is 0 Å². The topological polar surface area (TPSA) is 69.2 Å². The van der Waals surface area contributed by atoms with Gasteiger partial charge in [-0.25, -0.2) is 0 Å². The van der Waals surface area contributed by atoms with Gasteiger partial charge < -0.3 is 5.73 Å². The van der Waals surface area contributed by atoms with E-state index in [1.54, 1.807) is 18.2 Å². The first-order chi connectivity index (χ1) is 8.58. The summed E-state index contributed by atoms with van der Waals surface area (Å²) in [4.78, 5) is 10.4. The number of nitrogens with zero attached hydrogens (tertiary/aromatic N) is 1. The molecule has 1 aromatic carbocycles. The Kier molecular flexibility index (Phi) is 3.97. The Morgan fingerprint density at radius 3 is 2.72 bits per heavy atom. The number of rotatable bonds is 4. The van der Waals surface area contributed by atoms with Crippen LogP contribution < -0.4 is 5.73 Å². The van der Waals surface area contributed by atoms with E-state index in [4.69, 9.17) is 5.73 Å². The molecule has 0 saturated heterocycles. The molecule has 0 aliphatic heterocycles. The fourth-order valence-electron chi connectivity index (χ4n) is 2.87. The molecule has 2 rings (SSSR count). The van der Waals surface area contributed by atoms with Crippen molar-refractivity contribution in [1.29, 1.82) is 0 Å². The lowest BCUT2D eigenvalue weighted by Gasteiger charge is -2.18. The van der Waals surface area contributed by atoms with E-state index in [0.29, 0.717) is 5.92 Å². The molecule has 0 bridgehead atoms. The zero-order valence-corrected chi connectivity index (χ0v) is 10.8. The molecule has 4 heteroatoms. The van der Waals surface area contributed by atoms with E-state index in [1.165, 1.54) is 25.7 Å². The van der Waals surface area contributed by atoms with E-state index >= 15 is 0 Å². The normalized spacial score (nSPS) is 17.9. The summed E-state index contributed by atoms with van der Waals surface area (Å²) in [6, 6.07) is 4.89. The van der Waals surface area contributed by atoms with Gasteiger partial charge in [-0.15, -0.1) is 0 Å². The summed E-state index contributed by atoms with van der Waals surface area (Å²) in [6.45, 7) is 1.97. The number of nitrogens with two attached hydrogens (primary N) is 1. The third kappa shape index (κ3) is 2.88. The zero-order chi connectivity index (χ0) is 13.1. The van der Waals surface area contributed by atoms with Crippen molar-refractivity contribution in [2.75, 3.05) is 0 Å². The van der Waals surface area contributed by atoms with E-state index in [9.17, 15) is 10.1 Å². The molecule has 0 spiro atoms. The lowest BCUT2D eigenvalue weighted by molar-refractivity contribution is -0.384. The zero-order valence-electron chi connectivity index (χ0n) is 10.8. The Morgan fingerprint density at radius 1 is 1.44 bits per heavy atom. The molecule has 1 aliphatic carbocycles. The highest BCUT2D eigenvalue weighted by Crippen LogP contribution is 2.33. The molecule has 1 unspecified atom stereocenters. The minimum absolute atomic E-state index is 0.0759. The second-order valence-corrected chi connectivity index (χ2v) is 5.29. The van der Waals surface area contributed by atoms with Gasteiger partial charge in [0.1, 0.15) is 0 Å². The number of hydrogen-bond donors (Lipinski definition) is 1. The third-order valence-electron chi connectivity index (χ3n) is 3.94. The number of nitro groups is 1. The Hall–Kier alpha value is -1.42. The maximum atomic E-state index is 10.8. The summed E-state index contributed by atoms with van der Waals surface area (Å²) in [7, 11) is 0. The Balaban J connectivity index is 2.14. The molecular weight excluding hydrogens is 228 g/mol. The average Bonchev–Trinajstić information content (AvgIpc) is 2.81. The van der Waals surface area contributed by atoms with Gasteiger partial charge in [-0.3, -0.25) is 10.1 Å². The first-order valence-corrected chi connectivity index (χ1v) is 6.58. The fraction of sp³-hybridized carbons (Fsp3) is 0.571. The highest BCUT2D eigenvalue weighted by Gasteiger charge is 2.21. The molecule has 1 atom stereocenters. The van der Waals surface area contributed by atoms with Crippen molar-refractivity contribution in [3.63, 3.8) is 0 Å². The number of nitro benzene ring substituents is 1. The maximum Gasteiger partial charge on any atom is 0.269 e. The van der Waals surface area contributed by atoms with E-state index in [2.05, 4.69) is 0 Å². The molecule has 0 heterocycles. The lowest BCUT2D eigenvalue weighted by Crippen LogP contribution is -2.15. The molecular formula is C14H20N2O2. The summed E-state index contributed by atoms with van der Waals surface area (Å²) in [6.07, 6.45) is 6.04. The predicted molar refractivity (Wildman–Crippen MR) is 71.3 cm³/mol. The van der Waals surface area contributed by atoms with Gasteiger partial charge in [-0.05, 0) is 30.4 Å². The number of hydrogen-bond acceptors (Lipinski definition) is 3. The molecule has 1 saturated carbocycles. The van der Waals surface area contributed by atoms with Crippen molar-refractivity contribution >= 4 is 5.69 Å². The van der Waals surface area contributed by atoms with E-state index in [1.807, 2.05) is 6.92 Å². The van der Waals surface area contributed by atoms with E-state index in [-0.39, 0.29) is 16.7 Å². The van der Waals surface area contributed by atoms with Crippen LogP contribution in [0, 0.1) is 23.0 Å². The molecule has 2 N–H and O–H groups in total. The summed E-state index contributed by atoms with van der Waals surface area (Å²) < 4.78 is 0. The largest absolute Gasteiger partial charge is 0.324 e. The van der Waals surface area contributed by atoms with Crippen LogP contribution in [0.2, 0.25) is 0 Å². The van der Waals surface area contributed by atoms with Crippen LogP contribution in [0.4, 0.5) is 5.69 Å². The monoisotopic (exact) mass is 248 g/mol. The van der Waals surface area contributed by atoms with Crippen LogP contribution in [-0.2, 0) is 0 Å². The molecule has 0 aromatic heterocycles. The van der Waals surface area contributed by atoms with Crippen LogP contribution in [0.25, 0.3) is 0 Å². The minimum atomic E-state index is -0.356. The second kappa shape index (κ2) is 5.48. The van der Waals surface area contributed by atoms with Gasteiger partial charge in [0.2, 0.25) is 0 Å². The van der Waals surface area contributed by atoms with Crippen LogP contribution in [0.15, 0.2) is 18.2 Å². The SMILES string of the molecule is Cc1ccc([N+](=O)[O-])cc1C(N)CC1CCCC1. The molecule has 98 valence electrons. The highest BCUT2D eigenvalue weighted by atomic mass is 16.6. The molecule has 1 aromatic rings. The predicted octanol–water partition coefficient (Wildman–Crippen LogP) is 3.48. The lowest BCUT2D eigenvalue weighted by atomic mass is 9.92. The molecule has 1 fully saturated rings.